The first kappa shape index (κ1) is 17.6. The van der Waals surface area contributed by atoms with Gasteiger partial charge in [0, 0.05) is 38.4 Å². The Bertz CT molecular complexity index is 643. The van der Waals surface area contributed by atoms with Gasteiger partial charge in [-0.1, -0.05) is 36.4 Å². The van der Waals surface area contributed by atoms with Gasteiger partial charge in [0.2, 0.25) is 5.91 Å². The van der Waals surface area contributed by atoms with Crippen LogP contribution in [0.1, 0.15) is 23.6 Å². The number of rotatable bonds is 7. The second kappa shape index (κ2) is 9.30. The van der Waals surface area contributed by atoms with Crippen molar-refractivity contribution in [2.45, 2.75) is 18.9 Å². The van der Waals surface area contributed by atoms with Crippen LogP contribution in [0.4, 0.5) is 0 Å². The van der Waals surface area contributed by atoms with Gasteiger partial charge in [0.05, 0.1) is 19.3 Å². The van der Waals surface area contributed by atoms with Crippen molar-refractivity contribution in [3.05, 3.63) is 66.0 Å². The Morgan fingerprint density at radius 2 is 1.96 bits per heavy atom. The Morgan fingerprint density at radius 3 is 2.68 bits per heavy atom. The van der Waals surface area contributed by atoms with E-state index in [0.29, 0.717) is 12.8 Å². The number of carbonyl (C=O) groups is 1. The maximum absolute atomic E-state index is 12.5. The van der Waals surface area contributed by atoms with Crippen LogP contribution in [0.2, 0.25) is 0 Å². The van der Waals surface area contributed by atoms with Gasteiger partial charge < -0.3 is 10.1 Å². The van der Waals surface area contributed by atoms with Crippen LogP contribution in [0.15, 0.2) is 54.9 Å². The van der Waals surface area contributed by atoms with Gasteiger partial charge in [-0.3, -0.25) is 14.7 Å². The first-order chi connectivity index (χ1) is 12.3. The van der Waals surface area contributed by atoms with Crippen molar-refractivity contribution in [2.75, 3.05) is 32.8 Å². The molecule has 1 aliphatic rings. The van der Waals surface area contributed by atoms with Crippen molar-refractivity contribution in [1.82, 2.24) is 15.2 Å². The molecule has 2 heterocycles. The molecule has 25 heavy (non-hydrogen) atoms. The Labute approximate surface area is 149 Å². The van der Waals surface area contributed by atoms with Crippen molar-refractivity contribution in [3.8, 4) is 0 Å². The normalized spacial score (nSPS) is 16.3. The molecule has 5 nitrogen and oxygen atoms in total. The molecule has 1 saturated heterocycles. The lowest BCUT2D eigenvalue weighted by molar-refractivity contribution is -0.122. The largest absolute Gasteiger partial charge is 0.379 e. The van der Waals surface area contributed by atoms with E-state index in [9.17, 15) is 4.79 Å². The summed E-state index contributed by atoms with van der Waals surface area (Å²) < 4.78 is 5.42. The van der Waals surface area contributed by atoms with Gasteiger partial charge in [0.1, 0.15) is 0 Å². The number of amides is 1. The number of pyridine rings is 1. The van der Waals surface area contributed by atoms with Gasteiger partial charge in [-0.05, 0) is 23.6 Å². The Hall–Kier alpha value is -2.24. The molecule has 2 aromatic rings. The van der Waals surface area contributed by atoms with Crippen LogP contribution in [-0.4, -0.2) is 48.6 Å². The second-order valence-corrected chi connectivity index (χ2v) is 6.31. The van der Waals surface area contributed by atoms with E-state index in [0.717, 1.165) is 44.0 Å². The Balaban J connectivity index is 1.59. The molecule has 0 radical (unpaired) electrons. The first-order valence-corrected chi connectivity index (χ1v) is 8.84. The summed E-state index contributed by atoms with van der Waals surface area (Å²) in [7, 11) is 0. The van der Waals surface area contributed by atoms with Crippen molar-refractivity contribution in [1.29, 1.82) is 0 Å². The molecule has 1 unspecified atom stereocenters. The smallest absolute Gasteiger partial charge is 0.220 e. The molecule has 0 saturated carbocycles. The van der Waals surface area contributed by atoms with E-state index in [1.807, 2.05) is 36.5 Å². The first-order valence-electron chi connectivity index (χ1n) is 8.84. The molecule has 3 rings (SSSR count). The zero-order chi connectivity index (χ0) is 17.3. The number of carbonyl (C=O) groups excluding carboxylic acids is 1. The molecule has 0 spiro atoms. The minimum Gasteiger partial charge on any atom is -0.379 e. The number of aryl methyl sites for hydroxylation is 1. The highest BCUT2D eigenvalue weighted by Gasteiger charge is 2.20. The third-order valence-corrected chi connectivity index (χ3v) is 4.45. The number of benzene rings is 1. The quantitative estimate of drug-likeness (QED) is 0.840. The molecule has 0 aliphatic carbocycles. The van der Waals surface area contributed by atoms with Gasteiger partial charge in [-0.15, -0.1) is 0 Å². The number of nitrogens with zero attached hydrogens (tertiary/aromatic N) is 2. The van der Waals surface area contributed by atoms with E-state index in [-0.39, 0.29) is 11.9 Å². The minimum atomic E-state index is 0.000647. The van der Waals surface area contributed by atoms with Gasteiger partial charge in [-0.25, -0.2) is 0 Å². The minimum absolute atomic E-state index is 0.000647. The van der Waals surface area contributed by atoms with Crippen molar-refractivity contribution < 1.29 is 9.53 Å². The molecule has 0 bridgehead atoms. The summed E-state index contributed by atoms with van der Waals surface area (Å²) >= 11 is 0. The van der Waals surface area contributed by atoms with Crippen molar-refractivity contribution >= 4 is 5.91 Å². The van der Waals surface area contributed by atoms with E-state index in [1.54, 1.807) is 6.20 Å². The number of morpholine rings is 1. The van der Waals surface area contributed by atoms with Gasteiger partial charge in [0.15, 0.2) is 0 Å². The van der Waals surface area contributed by atoms with Gasteiger partial charge in [0.25, 0.3) is 0 Å². The average Bonchev–Trinajstić information content (AvgIpc) is 2.68. The van der Waals surface area contributed by atoms with E-state index >= 15 is 0 Å². The molecular weight excluding hydrogens is 314 g/mol. The Morgan fingerprint density at radius 1 is 1.16 bits per heavy atom. The lowest BCUT2D eigenvalue weighted by atomic mass is 10.1. The summed E-state index contributed by atoms with van der Waals surface area (Å²) in [5.74, 6) is 0.0750. The van der Waals surface area contributed by atoms with Crippen LogP contribution in [0.25, 0.3) is 0 Å². The third-order valence-electron chi connectivity index (χ3n) is 4.45. The molecule has 1 aromatic heterocycles. The zero-order valence-electron chi connectivity index (χ0n) is 14.4. The molecular formula is C20H25N3O2. The fraction of sp³-hybridized carbons (Fsp3) is 0.400. The van der Waals surface area contributed by atoms with Crippen LogP contribution in [0.5, 0.6) is 0 Å². The number of hydrogen-bond acceptors (Lipinski definition) is 4. The molecule has 1 atom stereocenters. The average molecular weight is 339 g/mol. The lowest BCUT2D eigenvalue weighted by Gasteiger charge is -2.31. The third kappa shape index (κ3) is 5.66. The molecule has 1 aliphatic heterocycles. The van der Waals surface area contributed by atoms with Crippen LogP contribution in [0, 0.1) is 0 Å². The summed E-state index contributed by atoms with van der Waals surface area (Å²) in [6.07, 6.45) is 4.74. The highest BCUT2D eigenvalue weighted by molar-refractivity contribution is 5.76. The lowest BCUT2D eigenvalue weighted by Crippen LogP contribution is -2.43. The van der Waals surface area contributed by atoms with Crippen molar-refractivity contribution in [3.63, 3.8) is 0 Å². The van der Waals surface area contributed by atoms with Gasteiger partial charge >= 0.3 is 0 Å². The number of ether oxygens (including phenoxy) is 1. The standard InChI is InChI=1S/C20H25N3O2/c24-20(9-8-17-5-4-10-21-15-17)22-19(18-6-2-1-3-7-18)16-23-11-13-25-14-12-23/h1-7,10,15,19H,8-9,11-14,16H2,(H,22,24). The summed E-state index contributed by atoms with van der Waals surface area (Å²) in [5.41, 5.74) is 2.23. The van der Waals surface area contributed by atoms with E-state index in [2.05, 4.69) is 27.3 Å². The predicted octanol–water partition coefficient (Wildman–Crippen LogP) is 2.20. The van der Waals surface area contributed by atoms with Crippen LogP contribution in [0.3, 0.4) is 0 Å². The molecule has 1 aromatic carbocycles. The summed E-state index contributed by atoms with van der Waals surface area (Å²) in [6.45, 7) is 4.16. The SMILES string of the molecule is O=C(CCc1cccnc1)NC(CN1CCOCC1)c1ccccc1. The summed E-state index contributed by atoms with van der Waals surface area (Å²) in [6, 6.07) is 14.1. The highest BCUT2D eigenvalue weighted by atomic mass is 16.5. The predicted molar refractivity (Wildman–Crippen MR) is 97.1 cm³/mol. The number of nitrogens with one attached hydrogen (secondary N) is 1. The zero-order valence-corrected chi connectivity index (χ0v) is 14.4. The van der Waals surface area contributed by atoms with Gasteiger partial charge in [-0.2, -0.15) is 0 Å². The fourth-order valence-corrected chi connectivity index (χ4v) is 3.03. The van der Waals surface area contributed by atoms with Crippen LogP contribution in [-0.2, 0) is 16.0 Å². The summed E-state index contributed by atoms with van der Waals surface area (Å²) in [4.78, 5) is 18.9. The maximum Gasteiger partial charge on any atom is 0.220 e. The van der Waals surface area contributed by atoms with Crippen LogP contribution < -0.4 is 5.32 Å². The van der Waals surface area contributed by atoms with E-state index in [1.165, 1.54) is 0 Å². The molecule has 5 heteroatoms. The summed E-state index contributed by atoms with van der Waals surface area (Å²) in [5, 5.41) is 3.21. The molecule has 1 N–H and O–H groups in total. The number of hydrogen-bond donors (Lipinski definition) is 1. The molecule has 1 fully saturated rings. The highest BCUT2D eigenvalue weighted by Crippen LogP contribution is 2.16. The topological polar surface area (TPSA) is 54.5 Å². The second-order valence-electron chi connectivity index (χ2n) is 6.31. The monoisotopic (exact) mass is 339 g/mol. The molecule has 132 valence electrons. The number of aromatic nitrogens is 1. The van der Waals surface area contributed by atoms with E-state index < -0.39 is 0 Å². The molecule has 1 amide bonds. The fourth-order valence-electron chi connectivity index (χ4n) is 3.03. The van der Waals surface area contributed by atoms with Crippen LogP contribution >= 0.6 is 0 Å². The Kier molecular flexibility index (Phi) is 6.54. The van der Waals surface area contributed by atoms with E-state index in [4.69, 9.17) is 4.74 Å². The van der Waals surface area contributed by atoms with Crippen molar-refractivity contribution in [2.24, 2.45) is 0 Å². The maximum atomic E-state index is 12.5.